The van der Waals surface area contributed by atoms with Crippen molar-refractivity contribution in [3.63, 3.8) is 0 Å². The first-order valence-corrected chi connectivity index (χ1v) is 12.2. The van der Waals surface area contributed by atoms with Gasteiger partial charge in [-0.15, -0.1) is 0 Å². The second-order valence-electron chi connectivity index (χ2n) is 8.33. The van der Waals surface area contributed by atoms with Gasteiger partial charge < -0.3 is 20.3 Å². The standard InChI is InChI=1S/C25H20ClF3IN3O3/c1-14(34)36-25(11-31-17-4-2-3-15(26)9-17)12-33(13-25)24(35)18-6-7-19(27)22(29)23(18)32-21-8-5-16(30)10-20(21)28/h2-10,31-32H,11-13H2,1H3. The summed E-state index contributed by atoms with van der Waals surface area (Å²) in [6.45, 7) is 1.47. The van der Waals surface area contributed by atoms with Gasteiger partial charge in [-0.05, 0) is 71.1 Å². The second kappa shape index (κ2) is 10.6. The maximum Gasteiger partial charge on any atom is 0.303 e. The number of halogens is 5. The molecule has 1 aliphatic rings. The van der Waals surface area contributed by atoms with Gasteiger partial charge in [0.25, 0.3) is 5.91 Å². The van der Waals surface area contributed by atoms with Crippen molar-refractivity contribution < 1.29 is 27.5 Å². The third-order valence-electron chi connectivity index (χ3n) is 5.56. The van der Waals surface area contributed by atoms with Gasteiger partial charge >= 0.3 is 5.97 Å². The van der Waals surface area contributed by atoms with Gasteiger partial charge in [-0.3, -0.25) is 9.59 Å². The number of likely N-dealkylation sites (tertiary alicyclic amines) is 1. The number of carbonyl (C=O) groups excluding carboxylic acids is 2. The molecule has 3 aromatic rings. The highest BCUT2D eigenvalue weighted by Crippen LogP contribution is 2.33. The van der Waals surface area contributed by atoms with Crippen LogP contribution in [0.2, 0.25) is 5.02 Å². The zero-order chi connectivity index (χ0) is 26.0. The number of esters is 1. The number of anilines is 3. The van der Waals surface area contributed by atoms with Crippen molar-refractivity contribution in [3.8, 4) is 0 Å². The van der Waals surface area contributed by atoms with E-state index in [1.807, 2.05) is 22.6 Å². The fourth-order valence-electron chi connectivity index (χ4n) is 3.92. The van der Waals surface area contributed by atoms with Gasteiger partial charge in [0.05, 0.1) is 36.6 Å². The lowest BCUT2D eigenvalue weighted by atomic mass is 9.92. The monoisotopic (exact) mass is 629 g/mol. The van der Waals surface area contributed by atoms with E-state index < -0.39 is 40.6 Å². The Bertz CT molecular complexity index is 1340. The first-order valence-electron chi connectivity index (χ1n) is 10.8. The molecular weight excluding hydrogens is 610 g/mol. The normalized spacial score (nSPS) is 14.1. The van der Waals surface area contributed by atoms with Crippen LogP contribution in [-0.4, -0.2) is 42.0 Å². The molecule has 0 aliphatic carbocycles. The number of carbonyl (C=O) groups is 2. The van der Waals surface area contributed by atoms with E-state index in [1.54, 1.807) is 30.3 Å². The van der Waals surface area contributed by atoms with E-state index >= 15 is 0 Å². The zero-order valence-corrected chi connectivity index (χ0v) is 21.8. The molecule has 0 bridgehead atoms. The van der Waals surface area contributed by atoms with Crippen LogP contribution in [-0.2, 0) is 9.53 Å². The molecule has 0 radical (unpaired) electrons. The fourth-order valence-corrected chi connectivity index (χ4v) is 4.56. The number of nitrogens with one attached hydrogen (secondary N) is 2. The van der Waals surface area contributed by atoms with Crippen LogP contribution in [0.15, 0.2) is 54.6 Å². The predicted molar refractivity (Wildman–Crippen MR) is 139 cm³/mol. The molecule has 6 nitrogen and oxygen atoms in total. The molecule has 2 N–H and O–H groups in total. The molecule has 4 rings (SSSR count). The number of nitrogens with zero attached hydrogens (tertiary/aromatic N) is 1. The van der Waals surface area contributed by atoms with Crippen molar-refractivity contribution >= 4 is 63.1 Å². The Hall–Kier alpha value is -2.99. The van der Waals surface area contributed by atoms with Crippen LogP contribution in [0.3, 0.4) is 0 Å². The average Bonchev–Trinajstić information content (AvgIpc) is 2.79. The Labute approximate surface area is 223 Å². The highest BCUT2D eigenvalue weighted by atomic mass is 127. The number of rotatable bonds is 7. The van der Waals surface area contributed by atoms with Gasteiger partial charge in [-0.2, -0.15) is 0 Å². The van der Waals surface area contributed by atoms with E-state index in [4.69, 9.17) is 16.3 Å². The van der Waals surface area contributed by atoms with Crippen LogP contribution in [0.4, 0.5) is 30.2 Å². The third kappa shape index (κ3) is 5.70. The zero-order valence-electron chi connectivity index (χ0n) is 18.9. The highest BCUT2D eigenvalue weighted by molar-refractivity contribution is 14.1. The van der Waals surface area contributed by atoms with E-state index in [1.165, 1.54) is 24.0 Å². The number of hydrogen-bond donors (Lipinski definition) is 2. The smallest absolute Gasteiger partial charge is 0.303 e. The van der Waals surface area contributed by atoms with Gasteiger partial charge in [0.15, 0.2) is 17.2 Å². The molecular formula is C25H20ClF3IN3O3. The van der Waals surface area contributed by atoms with E-state index in [2.05, 4.69) is 10.6 Å². The van der Waals surface area contributed by atoms with E-state index in [-0.39, 0.29) is 30.9 Å². The SMILES string of the molecule is CC(=O)OC1(CNc2cccc(Cl)c2)CN(C(=O)c2ccc(F)c(F)c2Nc2ccc(I)cc2F)C1. The summed E-state index contributed by atoms with van der Waals surface area (Å²) in [6, 6.07) is 13.1. The van der Waals surface area contributed by atoms with Gasteiger partial charge in [0.2, 0.25) is 0 Å². The summed E-state index contributed by atoms with van der Waals surface area (Å²) in [5.74, 6) is -4.35. The minimum Gasteiger partial charge on any atom is -0.454 e. The molecule has 1 saturated heterocycles. The quantitative estimate of drug-likeness (QED) is 0.249. The van der Waals surface area contributed by atoms with E-state index in [0.717, 1.165) is 12.1 Å². The molecule has 0 unspecified atom stereocenters. The molecule has 1 aliphatic heterocycles. The summed E-state index contributed by atoms with van der Waals surface area (Å²) in [4.78, 5) is 26.3. The van der Waals surface area contributed by atoms with Crippen molar-refractivity contribution in [1.82, 2.24) is 4.90 Å². The molecule has 3 aromatic carbocycles. The van der Waals surface area contributed by atoms with Crippen LogP contribution in [0.1, 0.15) is 17.3 Å². The van der Waals surface area contributed by atoms with E-state index in [9.17, 15) is 22.8 Å². The molecule has 0 saturated carbocycles. The van der Waals surface area contributed by atoms with Crippen molar-refractivity contribution in [1.29, 1.82) is 0 Å². The second-order valence-corrected chi connectivity index (χ2v) is 10.0. The van der Waals surface area contributed by atoms with Gasteiger partial charge in [-0.25, -0.2) is 13.2 Å². The lowest BCUT2D eigenvalue weighted by Gasteiger charge is -2.49. The molecule has 0 atom stereocenters. The number of amides is 1. The lowest BCUT2D eigenvalue weighted by Crippen LogP contribution is -2.68. The fraction of sp³-hybridized carbons (Fsp3) is 0.200. The largest absolute Gasteiger partial charge is 0.454 e. The Morgan fingerprint density at radius 3 is 2.50 bits per heavy atom. The van der Waals surface area contributed by atoms with Crippen molar-refractivity contribution in [3.05, 3.63) is 86.2 Å². The van der Waals surface area contributed by atoms with Gasteiger partial charge in [0, 0.05) is 21.2 Å². The van der Waals surface area contributed by atoms with Crippen LogP contribution >= 0.6 is 34.2 Å². The Morgan fingerprint density at radius 1 is 1.08 bits per heavy atom. The van der Waals surface area contributed by atoms with Gasteiger partial charge in [-0.1, -0.05) is 17.7 Å². The summed E-state index contributed by atoms with van der Waals surface area (Å²) in [6.07, 6.45) is 0. The van der Waals surface area contributed by atoms with Crippen molar-refractivity contribution in [2.24, 2.45) is 0 Å². The minimum atomic E-state index is -1.31. The topological polar surface area (TPSA) is 70.7 Å². The average molecular weight is 630 g/mol. The highest BCUT2D eigenvalue weighted by Gasteiger charge is 2.48. The van der Waals surface area contributed by atoms with Gasteiger partial charge in [0.1, 0.15) is 5.82 Å². The van der Waals surface area contributed by atoms with Crippen LogP contribution in [0.5, 0.6) is 0 Å². The Morgan fingerprint density at radius 2 is 1.83 bits per heavy atom. The molecule has 0 spiro atoms. The summed E-state index contributed by atoms with van der Waals surface area (Å²) >= 11 is 7.93. The summed E-state index contributed by atoms with van der Waals surface area (Å²) in [7, 11) is 0. The number of benzene rings is 3. The van der Waals surface area contributed by atoms with Crippen LogP contribution in [0, 0.1) is 21.0 Å². The van der Waals surface area contributed by atoms with Crippen LogP contribution < -0.4 is 10.6 Å². The summed E-state index contributed by atoms with van der Waals surface area (Å²) in [5.41, 5.74) is -1.12. The Kier molecular flexibility index (Phi) is 7.65. The minimum absolute atomic E-state index is 0.00923. The molecule has 0 aromatic heterocycles. The van der Waals surface area contributed by atoms with Crippen molar-refractivity contribution in [2.45, 2.75) is 12.5 Å². The maximum absolute atomic E-state index is 14.7. The molecule has 11 heteroatoms. The molecule has 36 heavy (non-hydrogen) atoms. The number of ether oxygens (including phenoxy) is 1. The molecule has 1 fully saturated rings. The number of hydrogen-bond acceptors (Lipinski definition) is 5. The molecule has 188 valence electrons. The maximum atomic E-state index is 14.7. The van der Waals surface area contributed by atoms with Crippen LogP contribution in [0.25, 0.3) is 0 Å². The van der Waals surface area contributed by atoms with E-state index in [0.29, 0.717) is 14.3 Å². The van der Waals surface area contributed by atoms with Crippen molar-refractivity contribution in [2.75, 3.05) is 30.3 Å². The first-order chi connectivity index (χ1) is 17.1. The summed E-state index contributed by atoms with van der Waals surface area (Å²) < 4.78 is 49.3. The molecule has 1 heterocycles. The molecule has 1 amide bonds. The summed E-state index contributed by atoms with van der Waals surface area (Å²) in [5, 5.41) is 6.18. The first kappa shape index (κ1) is 26.1. The predicted octanol–water partition coefficient (Wildman–Crippen LogP) is 5.98. The lowest BCUT2D eigenvalue weighted by molar-refractivity contribution is -0.170. The third-order valence-corrected chi connectivity index (χ3v) is 6.47. The Balaban J connectivity index is 1.55.